The van der Waals surface area contributed by atoms with E-state index in [4.69, 9.17) is 17.0 Å². The van der Waals surface area contributed by atoms with Crippen LogP contribution in [0.25, 0.3) is 0 Å². The third-order valence-corrected chi connectivity index (χ3v) is 6.80. The number of amides is 2. The molecule has 0 aromatic heterocycles. The number of thiocarbonyl (C=S) groups is 1. The maximum Gasteiger partial charge on any atom is 0.293 e. The van der Waals surface area contributed by atoms with E-state index in [2.05, 4.69) is 15.5 Å². The summed E-state index contributed by atoms with van der Waals surface area (Å²) in [6.07, 6.45) is 0. The molecule has 2 aromatic carbocycles. The SMILES string of the molecule is CC(C)C(=O)N1CCN(c2ccccc2NC(=S)NC(=O)c2ccc(N3CCOCC3)c([N+](=O)[O-])c2)CC1. The van der Waals surface area contributed by atoms with Crippen molar-refractivity contribution < 1.29 is 19.2 Å². The summed E-state index contributed by atoms with van der Waals surface area (Å²) in [6.45, 7) is 8.49. The average Bonchev–Trinajstić information content (AvgIpc) is 2.93. The van der Waals surface area contributed by atoms with E-state index in [0.717, 1.165) is 11.4 Å². The van der Waals surface area contributed by atoms with Crippen LogP contribution in [0.4, 0.5) is 22.7 Å². The number of benzene rings is 2. The van der Waals surface area contributed by atoms with Crippen molar-refractivity contribution in [3.05, 3.63) is 58.1 Å². The summed E-state index contributed by atoms with van der Waals surface area (Å²) in [6, 6.07) is 12.0. The van der Waals surface area contributed by atoms with Crippen LogP contribution in [0.2, 0.25) is 0 Å². The number of hydrogen-bond acceptors (Lipinski definition) is 8. The Morgan fingerprint density at radius 1 is 0.974 bits per heavy atom. The van der Waals surface area contributed by atoms with Crippen molar-refractivity contribution in [2.45, 2.75) is 13.8 Å². The number of piperazine rings is 1. The van der Waals surface area contributed by atoms with E-state index >= 15 is 0 Å². The van der Waals surface area contributed by atoms with E-state index in [9.17, 15) is 19.7 Å². The lowest BCUT2D eigenvalue weighted by atomic mass is 10.1. The van der Waals surface area contributed by atoms with Gasteiger partial charge in [-0.25, -0.2) is 0 Å². The molecule has 4 rings (SSSR count). The number of rotatable bonds is 6. The van der Waals surface area contributed by atoms with E-state index in [1.165, 1.54) is 6.07 Å². The number of carbonyl (C=O) groups excluding carboxylic acids is 2. The van der Waals surface area contributed by atoms with Gasteiger partial charge in [0.15, 0.2) is 5.11 Å². The summed E-state index contributed by atoms with van der Waals surface area (Å²) in [7, 11) is 0. The number of carbonyl (C=O) groups is 2. The first-order chi connectivity index (χ1) is 18.2. The molecule has 0 aliphatic carbocycles. The molecule has 2 heterocycles. The van der Waals surface area contributed by atoms with E-state index in [1.807, 2.05) is 47.9 Å². The Balaban J connectivity index is 1.41. The molecular formula is C26H32N6O5S. The van der Waals surface area contributed by atoms with Gasteiger partial charge >= 0.3 is 0 Å². The van der Waals surface area contributed by atoms with Crippen molar-refractivity contribution in [3.8, 4) is 0 Å². The lowest BCUT2D eigenvalue weighted by molar-refractivity contribution is -0.384. The summed E-state index contributed by atoms with van der Waals surface area (Å²) in [4.78, 5) is 42.4. The van der Waals surface area contributed by atoms with Crippen LogP contribution in [0.3, 0.4) is 0 Å². The smallest absolute Gasteiger partial charge is 0.293 e. The highest BCUT2D eigenvalue weighted by Crippen LogP contribution is 2.30. The summed E-state index contributed by atoms with van der Waals surface area (Å²) >= 11 is 5.40. The maximum atomic E-state index is 12.9. The van der Waals surface area contributed by atoms with Crippen molar-refractivity contribution in [1.29, 1.82) is 0 Å². The Bertz CT molecular complexity index is 1210. The standard InChI is InChI=1S/C26H32N6O5S/c1-18(2)25(34)31-11-9-29(10-12-31)21-6-4-3-5-20(21)27-26(38)28-24(33)19-7-8-22(23(17-19)32(35)36)30-13-15-37-16-14-30/h3-8,17-18H,9-16H2,1-2H3,(H2,27,28,33,38). The highest BCUT2D eigenvalue weighted by molar-refractivity contribution is 7.80. The molecule has 0 unspecified atom stereocenters. The molecule has 2 aliphatic rings. The van der Waals surface area contributed by atoms with Crippen LogP contribution in [0.15, 0.2) is 42.5 Å². The molecule has 2 aromatic rings. The minimum atomic E-state index is -0.544. The molecule has 2 fully saturated rings. The second-order valence-electron chi connectivity index (χ2n) is 9.45. The Labute approximate surface area is 226 Å². The summed E-state index contributed by atoms with van der Waals surface area (Å²) in [5, 5.41) is 17.5. The fourth-order valence-corrected chi connectivity index (χ4v) is 4.80. The van der Waals surface area contributed by atoms with Crippen LogP contribution in [-0.4, -0.2) is 79.2 Å². The van der Waals surface area contributed by atoms with Gasteiger partial charge in [0.2, 0.25) is 5.91 Å². The summed E-state index contributed by atoms with van der Waals surface area (Å²) in [5.74, 6) is -0.427. The van der Waals surface area contributed by atoms with Gasteiger partial charge in [0, 0.05) is 56.8 Å². The lowest BCUT2D eigenvalue weighted by Gasteiger charge is -2.37. The zero-order chi connectivity index (χ0) is 27.2. The zero-order valence-electron chi connectivity index (χ0n) is 21.5. The van der Waals surface area contributed by atoms with Crippen molar-refractivity contribution in [2.24, 2.45) is 5.92 Å². The van der Waals surface area contributed by atoms with Gasteiger partial charge in [-0.1, -0.05) is 26.0 Å². The minimum absolute atomic E-state index is 0.0338. The maximum absolute atomic E-state index is 12.9. The number of anilines is 3. The van der Waals surface area contributed by atoms with Gasteiger partial charge < -0.3 is 24.8 Å². The fraction of sp³-hybridized carbons (Fsp3) is 0.423. The van der Waals surface area contributed by atoms with Gasteiger partial charge in [0.25, 0.3) is 11.6 Å². The number of nitrogens with one attached hydrogen (secondary N) is 2. The summed E-state index contributed by atoms with van der Waals surface area (Å²) < 4.78 is 5.33. The quantitative estimate of drug-likeness (QED) is 0.324. The van der Waals surface area contributed by atoms with Gasteiger partial charge in [0.1, 0.15) is 5.69 Å². The van der Waals surface area contributed by atoms with Crippen LogP contribution >= 0.6 is 12.2 Å². The Morgan fingerprint density at radius 3 is 2.29 bits per heavy atom. The first-order valence-corrected chi connectivity index (χ1v) is 13.0. The Kier molecular flexibility index (Phi) is 8.74. The van der Waals surface area contributed by atoms with Crippen LogP contribution in [0, 0.1) is 16.0 Å². The molecule has 0 spiro atoms. The van der Waals surface area contributed by atoms with E-state index in [-0.39, 0.29) is 28.2 Å². The average molecular weight is 541 g/mol. The number of para-hydroxylation sites is 2. The topological polar surface area (TPSA) is 120 Å². The van der Waals surface area contributed by atoms with E-state index in [1.54, 1.807) is 12.1 Å². The molecule has 38 heavy (non-hydrogen) atoms. The van der Waals surface area contributed by atoms with Gasteiger partial charge in [0.05, 0.1) is 29.5 Å². The Morgan fingerprint density at radius 2 is 1.63 bits per heavy atom. The fourth-order valence-electron chi connectivity index (χ4n) is 4.60. The third kappa shape index (κ3) is 6.37. The molecule has 0 atom stereocenters. The molecule has 12 heteroatoms. The van der Waals surface area contributed by atoms with Crippen molar-refractivity contribution >= 4 is 51.9 Å². The summed E-state index contributed by atoms with van der Waals surface area (Å²) in [5.41, 5.74) is 2.08. The van der Waals surface area contributed by atoms with E-state index in [0.29, 0.717) is 58.2 Å². The number of morpholine rings is 1. The number of nitro groups is 1. The lowest BCUT2D eigenvalue weighted by Crippen LogP contribution is -2.50. The predicted molar refractivity (Wildman–Crippen MR) is 150 cm³/mol. The van der Waals surface area contributed by atoms with Crippen LogP contribution in [-0.2, 0) is 9.53 Å². The molecule has 2 saturated heterocycles. The van der Waals surface area contributed by atoms with Gasteiger partial charge in [-0.15, -0.1) is 0 Å². The molecule has 0 bridgehead atoms. The van der Waals surface area contributed by atoms with Crippen LogP contribution < -0.4 is 20.4 Å². The molecule has 2 N–H and O–H groups in total. The second kappa shape index (κ2) is 12.2. The molecule has 2 aliphatic heterocycles. The second-order valence-corrected chi connectivity index (χ2v) is 9.86. The van der Waals surface area contributed by atoms with Crippen LogP contribution in [0.1, 0.15) is 24.2 Å². The highest BCUT2D eigenvalue weighted by atomic mass is 32.1. The first-order valence-electron chi connectivity index (χ1n) is 12.6. The highest BCUT2D eigenvalue weighted by Gasteiger charge is 2.25. The van der Waals surface area contributed by atoms with E-state index < -0.39 is 10.8 Å². The normalized spacial score (nSPS) is 15.8. The molecule has 2 amide bonds. The van der Waals surface area contributed by atoms with Gasteiger partial charge in [-0.2, -0.15) is 0 Å². The minimum Gasteiger partial charge on any atom is -0.378 e. The first kappa shape index (κ1) is 27.3. The van der Waals surface area contributed by atoms with Crippen LogP contribution in [0.5, 0.6) is 0 Å². The van der Waals surface area contributed by atoms with Crippen molar-refractivity contribution in [2.75, 3.05) is 67.6 Å². The number of hydrogen-bond donors (Lipinski definition) is 2. The Hall–Kier alpha value is -3.77. The molecule has 0 radical (unpaired) electrons. The number of nitro benzene ring substituents is 1. The molecule has 0 saturated carbocycles. The van der Waals surface area contributed by atoms with Crippen molar-refractivity contribution in [1.82, 2.24) is 10.2 Å². The van der Waals surface area contributed by atoms with Gasteiger partial charge in [-0.05, 0) is 36.5 Å². The number of ether oxygens (including phenoxy) is 1. The predicted octanol–water partition coefficient (Wildman–Crippen LogP) is 2.86. The zero-order valence-corrected chi connectivity index (χ0v) is 22.3. The molecule has 202 valence electrons. The largest absolute Gasteiger partial charge is 0.378 e. The van der Waals surface area contributed by atoms with Gasteiger partial charge in [-0.3, -0.25) is 25.0 Å². The molecule has 11 nitrogen and oxygen atoms in total. The monoisotopic (exact) mass is 540 g/mol. The van der Waals surface area contributed by atoms with Crippen molar-refractivity contribution in [3.63, 3.8) is 0 Å². The third-order valence-electron chi connectivity index (χ3n) is 6.59. The number of nitrogens with zero attached hydrogens (tertiary/aromatic N) is 4. The molecular weight excluding hydrogens is 508 g/mol.